The third-order valence-electron chi connectivity index (χ3n) is 9.89. The molecule has 3 aromatic carbocycles. The average Bonchev–Trinajstić information content (AvgIpc) is 3.03. The van der Waals surface area contributed by atoms with Crippen LogP contribution in [0.2, 0.25) is 5.04 Å². The highest BCUT2D eigenvalue weighted by Crippen LogP contribution is 2.48. The van der Waals surface area contributed by atoms with Gasteiger partial charge in [0.05, 0.1) is 6.10 Å². The summed E-state index contributed by atoms with van der Waals surface area (Å²) in [4.78, 5) is 16.2. The molecule has 1 saturated heterocycles. The third kappa shape index (κ3) is 6.62. The Hall–Kier alpha value is -2.93. The fourth-order valence-electron chi connectivity index (χ4n) is 7.84. The van der Waals surface area contributed by atoms with Crippen molar-refractivity contribution < 1.29 is 19.1 Å². The molecule has 2 fully saturated rings. The van der Waals surface area contributed by atoms with Crippen molar-refractivity contribution >= 4 is 24.8 Å². The Balaban J connectivity index is 1.50. The lowest BCUT2D eigenvalue weighted by Crippen LogP contribution is -2.70. The lowest BCUT2D eigenvalue weighted by Gasteiger charge is -2.56. The van der Waals surface area contributed by atoms with Gasteiger partial charge in [-0.25, -0.2) is 4.79 Å². The van der Waals surface area contributed by atoms with E-state index in [9.17, 15) is 9.90 Å². The zero-order valence-corrected chi connectivity index (χ0v) is 27.2. The molecule has 2 aliphatic rings. The topological polar surface area (TPSA) is 59.0 Å². The van der Waals surface area contributed by atoms with Gasteiger partial charge >= 0.3 is 6.09 Å². The van der Waals surface area contributed by atoms with Crippen LogP contribution in [0.3, 0.4) is 0 Å². The van der Waals surface area contributed by atoms with Gasteiger partial charge in [-0.15, -0.1) is 0 Å². The first kappa shape index (κ1) is 31.5. The third-order valence-corrected chi connectivity index (χ3v) is 15.0. The Kier molecular flexibility index (Phi) is 10.1. The Morgan fingerprint density at radius 1 is 0.884 bits per heavy atom. The quantitative estimate of drug-likeness (QED) is 0.268. The van der Waals surface area contributed by atoms with E-state index in [1.807, 2.05) is 30.3 Å². The Morgan fingerprint density at radius 2 is 1.49 bits per heavy atom. The Bertz CT molecular complexity index is 1260. The first-order valence-corrected chi connectivity index (χ1v) is 18.1. The van der Waals surface area contributed by atoms with E-state index in [-0.39, 0.29) is 36.0 Å². The van der Waals surface area contributed by atoms with Gasteiger partial charge in [-0.1, -0.05) is 125 Å². The number of rotatable bonds is 9. The normalized spacial score (nSPS) is 22.8. The Labute approximate surface area is 259 Å². The van der Waals surface area contributed by atoms with Crippen molar-refractivity contribution in [2.24, 2.45) is 5.92 Å². The van der Waals surface area contributed by atoms with Gasteiger partial charge in [0.15, 0.2) is 0 Å². The predicted octanol–water partition coefficient (Wildman–Crippen LogP) is 7.07. The van der Waals surface area contributed by atoms with E-state index in [1.54, 1.807) is 0 Å². The second-order valence-electron chi connectivity index (χ2n) is 13.5. The molecule has 1 heterocycles. The molecule has 1 N–H and O–H groups in total. The summed E-state index contributed by atoms with van der Waals surface area (Å²) in [6, 6.07) is 31.5. The maximum Gasteiger partial charge on any atom is 0.410 e. The number of carbonyl (C=O) groups is 1. The molecule has 5 rings (SSSR count). The van der Waals surface area contributed by atoms with Crippen molar-refractivity contribution in [3.63, 3.8) is 0 Å². The van der Waals surface area contributed by atoms with Crippen LogP contribution in [0, 0.1) is 5.92 Å². The molecule has 43 heavy (non-hydrogen) atoms. The van der Waals surface area contributed by atoms with E-state index in [0.717, 1.165) is 50.5 Å². The molecule has 1 aliphatic carbocycles. The van der Waals surface area contributed by atoms with Crippen molar-refractivity contribution in [3.8, 4) is 0 Å². The molecule has 5 nitrogen and oxygen atoms in total. The summed E-state index contributed by atoms with van der Waals surface area (Å²) in [5.74, 6) is 0.353. The number of likely N-dealkylation sites (tertiary alicyclic amines) is 1. The number of carbonyl (C=O) groups excluding carboxylic acids is 1. The highest BCUT2D eigenvalue weighted by Gasteiger charge is 2.55. The first-order chi connectivity index (χ1) is 20.8. The number of hydrogen-bond acceptors (Lipinski definition) is 4. The number of ether oxygens (including phenoxy) is 1. The number of benzene rings is 3. The zero-order chi connectivity index (χ0) is 30.3. The first-order valence-electron chi connectivity index (χ1n) is 16.2. The second kappa shape index (κ2) is 13.8. The lowest BCUT2D eigenvalue weighted by atomic mass is 9.66. The molecule has 1 aliphatic heterocycles. The summed E-state index contributed by atoms with van der Waals surface area (Å²) in [5, 5.41) is 12.1. The van der Waals surface area contributed by atoms with E-state index in [0.29, 0.717) is 12.5 Å². The van der Waals surface area contributed by atoms with Gasteiger partial charge in [0.1, 0.15) is 6.61 Å². The van der Waals surface area contributed by atoms with E-state index >= 15 is 0 Å². The van der Waals surface area contributed by atoms with Gasteiger partial charge in [-0.3, -0.25) is 4.90 Å². The fourth-order valence-corrected chi connectivity index (χ4v) is 12.6. The van der Waals surface area contributed by atoms with Crippen LogP contribution in [0.1, 0.15) is 77.7 Å². The number of hydrogen-bond donors (Lipinski definition) is 1. The van der Waals surface area contributed by atoms with E-state index in [1.165, 1.54) is 16.8 Å². The van der Waals surface area contributed by atoms with E-state index in [2.05, 4.69) is 86.3 Å². The molecule has 0 bridgehead atoms. The Morgan fingerprint density at radius 3 is 2.07 bits per heavy atom. The van der Waals surface area contributed by atoms with Gasteiger partial charge in [-0.05, 0) is 65.4 Å². The SMILES string of the molecule is CC(C)(C)[Si](O[C@@H]1CC[C@]2(CCCC[C@H]2CCCO)N(C(=O)OCc2ccccc2)C1)(c1ccccc1)c1ccccc1. The second-order valence-corrected chi connectivity index (χ2v) is 17.8. The summed E-state index contributed by atoms with van der Waals surface area (Å²) < 4.78 is 13.6. The fraction of sp³-hybridized carbons (Fsp3) is 0.486. The zero-order valence-electron chi connectivity index (χ0n) is 26.2. The number of nitrogens with zero attached hydrogens (tertiary/aromatic N) is 1. The highest BCUT2D eigenvalue weighted by atomic mass is 28.4. The number of piperidine rings is 1. The van der Waals surface area contributed by atoms with Gasteiger partial charge in [-0.2, -0.15) is 0 Å². The van der Waals surface area contributed by atoms with Gasteiger partial charge in [0, 0.05) is 18.7 Å². The maximum absolute atomic E-state index is 14.1. The summed E-state index contributed by atoms with van der Waals surface area (Å²) in [7, 11) is -2.78. The molecule has 0 aromatic heterocycles. The van der Waals surface area contributed by atoms with E-state index < -0.39 is 8.32 Å². The van der Waals surface area contributed by atoms with Crippen LogP contribution in [-0.4, -0.2) is 49.2 Å². The summed E-state index contributed by atoms with van der Waals surface area (Å²) in [5.41, 5.74) is 0.731. The van der Waals surface area contributed by atoms with Gasteiger partial charge < -0.3 is 14.3 Å². The molecular weight excluding hydrogens is 550 g/mol. The van der Waals surface area contributed by atoms with Gasteiger partial charge in [0.25, 0.3) is 8.32 Å². The largest absolute Gasteiger partial charge is 0.445 e. The van der Waals surface area contributed by atoms with Crippen LogP contribution >= 0.6 is 0 Å². The number of aliphatic hydroxyl groups is 1. The van der Waals surface area contributed by atoms with Crippen molar-refractivity contribution in [1.29, 1.82) is 0 Å². The molecule has 6 heteroatoms. The predicted molar refractivity (Wildman–Crippen MR) is 176 cm³/mol. The molecule has 1 saturated carbocycles. The van der Waals surface area contributed by atoms with Crippen LogP contribution < -0.4 is 10.4 Å². The van der Waals surface area contributed by atoms with Gasteiger partial charge in [0.2, 0.25) is 0 Å². The summed E-state index contributed by atoms with van der Waals surface area (Å²) in [6.45, 7) is 7.89. The minimum Gasteiger partial charge on any atom is -0.445 e. The van der Waals surface area contributed by atoms with Crippen molar-refractivity contribution in [2.75, 3.05) is 13.2 Å². The molecule has 1 spiro atoms. The van der Waals surface area contributed by atoms with Crippen LogP contribution in [0.5, 0.6) is 0 Å². The highest BCUT2D eigenvalue weighted by molar-refractivity contribution is 6.99. The van der Waals surface area contributed by atoms with E-state index in [4.69, 9.17) is 9.16 Å². The molecule has 3 atom stereocenters. The van der Waals surface area contributed by atoms with Crippen LogP contribution in [0.25, 0.3) is 0 Å². The maximum atomic E-state index is 14.1. The molecule has 0 radical (unpaired) electrons. The van der Waals surface area contributed by atoms with Crippen LogP contribution in [0.4, 0.5) is 4.79 Å². The molecule has 230 valence electrons. The minimum atomic E-state index is -2.78. The smallest absolute Gasteiger partial charge is 0.410 e. The monoisotopic (exact) mass is 599 g/mol. The van der Waals surface area contributed by atoms with Crippen LogP contribution in [-0.2, 0) is 15.8 Å². The summed E-state index contributed by atoms with van der Waals surface area (Å²) >= 11 is 0. The molecular formula is C37H49NO4Si. The standard InChI is InChI=1S/C37H49NO4Si/c1-36(2,3)43(33-20-9-5-10-21-33,34-22-11-6-12-23-34)42-32-24-26-37(25-14-13-18-31(37)19-15-27-39)38(28-32)35(40)41-29-30-16-7-4-8-17-30/h4-12,16-17,20-23,31-32,39H,13-15,18-19,24-29H2,1-3H3/t31-,32+,37-/m0/s1. The van der Waals surface area contributed by atoms with Crippen molar-refractivity contribution in [2.45, 2.75) is 95.4 Å². The van der Waals surface area contributed by atoms with Crippen LogP contribution in [0.15, 0.2) is 91.0 Å². The molecule has 3 aromatic rings. The minimum absolute atomic E-state index is 0.110. The molecule has 0 unspecified atom stereocenters. The number of amides is 1. The van der Waals surface area contributed by atoms with Crippen molar-refractivity contribution in [3.05, 3.63) is 96.6 Å². The average molecular weight is 600 g/mol. The summed E-state index contributed by atoms with van der Waals surface area (Å²) in [6.07, 6.45) is 7.50. The molecule has 1 amide bonds. The number of aliphatic hydroxyl groups excluding tert-OH is 1. The lowest BCUT2D eigenvalue weighted by molar-refractivity contribution is -0.0642. The van der Waals surface area contributed by atoms with Crippen molar-refractivity contribution in [1.82, 2.24) is 4.90 Å².